The van der Waals surface area contributed by atoms with E-state index in [2.05, 4.69) is 15.1 Å². The first-order valence-corrected chi connectivity index (χ1v) is 4.29. The molecule has 0 unspecified atom stereocenters. The molecule has 0 amide bonds. The Kier molecular flexibility index (Phi) is 1.92. The number of aromatic nitrogens is 4. The maximum absolute atomic E-state index is 5.48. The largest absolute Gasteiger partial charge is 0.366 e. The van der Waals surface area contributed by atoms with Gasteiger partial charge in [0.05, 0.1) is 0 Å². The summed E-state index contributed by atoms with van der Waals surface area (Å²) in [6.07, 6.45) is 1.74. The van der Waals surface area contributed by atoms with Gasteiger partial charge in [-0.15, -0.1) is 5.10 Å². The Morgan fingerprint density at radius 2 is 2.14 bits per heavy atom. The van der Waals surface area contributed by atoms with Crippen LogP contribution in [0, 0.1) is 13.8 Å². The van der Waals surface area contributed by atoms with Crippen molar-refractivity contribution in [3.8, 4) is 5.82 Å². The van der Waals surface area contributed by atoms with Crippen LogP contribution < -0.4 is 5.73 Å². The highest BCUT2D eigenvalue weighted by atomic mass is 15.4. The normalized spacial score (nSPS) is 10.4. The smallest absolute Gasteiger partial charge is 0.240 e. The van der Waals surface area contributed by atoms with Crippen molar-refractivity contribution in [2.45, 2.75) is 13.8 Å². The zero-order valence-corrected chi connectivity index (χ0v) is 8.10. The van der Waals surface area contributed by atoms with Crippen molar-refractivity contribution in [3.63, 3.8) is 0 Å². The van der Waals surface area contributed by atoms with Crippen LogP contribution in [0.3, 0.4) is 0 Å². The third-order valence-corrected chi connectivity index (χ3v) is 1.90. The minimum absolute atomic E-state index is 0.269. The van der Waals surface area contributed by atoms with E-state index in [1.807, 2.05) is 26.0 Å². The summed E-state index contributed by atoms with van der Waals surface area (Å²) in [6.45, 7) is 3.84. The Labute approximate surface area is 81.6 Å². The molecule has 0 atom stereocenters. The lowest BCUT2D eigenvalue weighted by molar-refractivity contribution is 0.812. The molecular formula is C9H11N5. The third-order valence-electron chi connectivity index (χ3n) is 1.90. The number of anilines is 1. The van der Waals surface area contributed by atoms with Gasteiger partial charge in [0.1, 0.15) is 5.82 Å². The first kappa shape index (κ1) is 8.68. The van der Waals surface area contributed by atoms with E-state index in [0.29, 0.717) is 0 Å². The van der Waals surface area contributed by atoms with Gasteiger partial charge in [-0.25, -0.2) is 4.98 Å². The van der Waals surface area contributed by atoms with Gasteiger partial charge >= 0.3 is 0 Å². The third kappa shape index (κ3) is 1.44. The van der Waals surface area contributed by atoms with E-state index < -0.39 is 0 Å². The summed E-state index contributed by atoms with van der Waals surface area (Å²) in [4.78, 5) is 8.20. The van der Waals surface area contributed by atoms with E-state index in [4.69, 9.17) is 5.73 Å². The molecule has 14 heavy (non-hydrogen) atoms. The molecule has 0 aliphatic heterocycles. The molecule has 0 bridgehead atoms. The fourth-order valence-electron chi connectivity index (χ4n) is 1.26. The molecule has 5 nitrogen and oxygen atoms in total. The maximum atomic E-state index is 5.48. The van der Waals surface area contributed by atoms with Gasteiger partial charge in [0.2, 0.25) is 5.95 Å². The molecule has 0 fully saturated rings. The van der Waals surface area contributed by atoms with Crippen LogP contribution in [-0.4, -0.2) is 19.7 Å². The zero-order valence-electron chi connectivity index (χ0n) is 8.10. The molecule has 2 heterocycles. The van der Waals surface area contributed by atoms with Gasteiger partial charge in [0.25, 0.3) is 0 Å². The molecule has 5 heteroatoms. The molecule has 0 aliphatic rings. The molecule has 0 saturated heterocycles. The summed E-state index contributed by atoms with van der Waals surface area (Å²) in [7, 11) is 0. The summed E-state index contributed by atoms with van der Waals surface area (Å²) in [5.74, 6) is 1.75. The van der Waals surface area contributed by atoms with E-state index in [1.165, 1.54) is 0 Å². The van der Waals surface area contributed by atoms with Crippen molar-refractivity contribution in [1.29, 1.82) is 0 Å². The van der Waals surface area contributed by atoms with Crippen LogP contribution >= 0.6 is 0 Å². The van der Waals surface area contributed by atoms with Crippen LogP contribution in [0.2, 0.25) is 0 Å². The Morgan fingerprint density at radius 1 is 1.36 bits per heavy atom. The molecule has 0 aromatic carbocycles. The van der Waals surface area contributed by atoms with Crippen molar-refractivity contribution in [3.05, 3.63) is 29.7 Å². The number of nitrogen functional groups attached to an aromatic ring is 1. The molecule has 0 aliphatic carbocycles. The fraction of sp³-hybridized carbons (Fsp3) is 0.222. The monoisotopic (exact) mass is 189 g/mol. The number of nitrogens with two attached hydrogens (primary N) is 1. The quantitative estimate of drug-likeness (QED) is 0.722. The Bertz CT molecular complexity index is 460. The molecule has 2 aromatic heterocycles. The lowest BCUT2D eigenvalue weighted by Crippen LogP contribution is -2.02. The van der Waals surface area contributed by atoms with Gasteiger partial charge in [-0.2, -0.15) is 9.67 Å². The number of pyridine rings is 1. The predicted octanol–water partition coefficient (Wildman–Crippen LogP) is 0.861. The lowest BCUT2D eigenvalue weighted by atomic mass is 10.3. The first-order valence-electron chi connectivity index (χ1n) is 4.29. The van der Waals surface area contributed by atoms with Crippen LogP contribution in [0.4, 0.5) is 5.95 Å². The van der Waals surface area contributed by atoms with Crippen molar-refractivity contribution < 1.29 is 0 Å². The Morgan fingerprint density at radius 3 is 2.71 bits per heavy atom. The molecular weight excluding hydrogens is 178 g/mol. The molecule has 2 rings (SSSR count). The lowest BCUT2D eigenvalue weighted by Gasteiger charge is -2.01. The first-order chi connectivity index (χ1) is 6.66. The van der Waals surface area contributed by atoms with E-state index in [1.54, 1.807) is 10.9 Å². The number of nitrogens with zero attached hydrogens (tertiary/aromatic N) is 4. The minimum Gasteiger partial charge on any atom is -0.366 e. The summed E-state index contributed by atoms with van der Waals surface area (Å²) in [6, 6.07) is 3.86. The van der Waals surface area contributed by atoms with E-state index in [9.17, 15) is 0 Å². The average molecular weight is 189 g/mol. The van der Waals surface area contributed by atoms with Gasteiger partial charge in [-0.1, -0.05) is 0 Å². The number of hydrogen-bond donors (Lipinski definition) is 1. The number of aryl methyl sites for hydroxylation is 2. The predicted molar refractivity (Wildman–Crippen MR) is 53.0 cm³/mol. The van der Waals surface area contributed by atoms with E-state index in [-0.39, 0.29) is 5.95 Å². The van der Waals surface area contributed by atoms with Crippen molar-refractivity contribution in [2.75, 3.05) is 5.73 Å². The maximum Gasteiger partial charge on any atom is 0.240 e. The highest BCUT2D eigenvalue weighted by molar-refractivity contribution is 5.29. The highest BCUT2D eigenvalue weighted by Gasteiger charge is 2.05. The van der Waals surface area contributed by atoms with Gasteiger partial charge < -0.3 is 5.73 Å². The van der Waals surface area contributed by atoms with Gasteiger partial charge in [0, 0.05) is 6.20 Å². The van der Waals surface area contributed by atoms with Crippen LogP contribution in [0.25, 0.3) is 5.82 Å². The van der Waals surface area contributed by atoms with Gasteiger partial charge in [-0.3, -0.25) is 0 Å². The minimum atomic E-state index is 0.269. The van der Waals surface area contributed by atoms with E-state index >= 15 is 0 Å². The van der Waals surface area contributed by atoms with Gasteiger partial charge in [-0.05, 0) is 31.5 Å². The second-order valence-corrected chi connectivity index (χ2v) is 3.12. The van der Waals surface area contributed by atoms with Crippen molar-refractivity contribution in [2.24, 2.45) is 0 Å². The van der Waals surface area contributed by atoms with Crippen LogP contribution in [0.5, 0.6) is 0 Å². The number of rotatable bonds is 1. The molecule has 72 valence electrons. The SMILES string of the molecule is Cc1ccnc(-n2nc(N)nc2C)c1. The van der Waals surface area contributed by atoms with Crippen LogP contribution in [0.15, 0.2) is 18.3 Å². The molecule has 0 radical (unpaired) electrons. The van der Waals surface area contributed by atoms with Crippen LogP contribution in [0.1, 0.15) is 11.4 Å². The summed E-state index contributed by atoms with van der Waals surface area (Å²) in [5.41, 5.74) is 6.61. The van der Waals surface area contributed by atoms with Gasteiger partial charge in [0.15, 0.2) is 5.82 Å². The fourth-order valence-corrected chi connectivity index (χ4v) is 1.26. The molecule has 0 saturated carbocycles. The standard InChI is InChI=1S/C9H11N5/c1-6-3-4-11-8(5-6)14-7(2)12-9(10)13-14/h3-5H,1-2H3,(H2,10,13). The second kappa shape index (κ2) is 3.10. The zero-order chi connectivity index (χ0) is 10.1. The highest BCUT2D eigenvalue weighted by Crippen LogP contribution is 2.08. The summed E-state index contributed by atoms with van der Waals surface area (Å²) >= 11 is 0. The number of hydrogen-bond acceptors (Lipinski definition) is 4. The van der Waals surface area contributed by atoms with E-state index in [0.717, 1.165) is 17.2 Å². The van der Waals surface area contributed by atoms with Crippen molar-refractivity contribution in [1.82, 2.24) is 19.7 Å². The molecule has 2 aromatic rings. The molecule has 2 N–H and O–H groups in total. The average Bonchev–Trinajstić information content (AvgIpc) is 2.45. The van der Waals surface area contributed by atoms with Crippen molar-refractivity contribution >= 4 is 5.95 Å². The second-order valence-electron chi connectivity index (χ2n) is 3.12. The Balaban J connectivity index is 2.54. The summed E-state index contributed by atoms with van der Waals surface area (Å²) < 4.78 is 1.63. The summed E-state index contributed by atoms with van der Waals surface area (Å²) in [5, 5.41) is 4.04. The molecule has 0 spiro atoms. The topological polar surface area (TPSA) is 69.6 Å². The Hall–Kier alpha value is -1.91. The van der Waals surface area contributed by atoms with Crippen LogP contribution in [-0.2, 0) is 0 Å².